The summed E-state index contributed by atoms with van der Waals surface area (Å²) in [4.78, 5) is 22.2. The molecule has 2 N–H and O–H groups in total. The monoisotopic (exact) mass is 410 g/mol. The lowest BCUT2D eigenvalue weighted by Crippen LogP contribution is -2.14. The molecule has 2 aromatic carbocycles. The second-order valence-electron chi connectivity index (χ2n) is 5.27. The molecule has 0 aliphatic heterocycles. The van der Waals surface area contributed by atoms with Crippen LogP contribution >= 0.6 is 11.6 Å². The average Bonchev–Trinajstić information content (AvgIpc) is 2.62. The molecule has 0 spiro atoms. The summed E-state index contributed by atoms with van der Waals surface area (Å²) in [6, 6.07) is 9.61. The maximum absolute atomic E-state index is 12.9. The number of anilines is 2. The average molecular weight is 411 g/mol. The van der Waals surface area contributed by atoms with Crippen molar-refractivity contribution >= 4 is 34.6 Å². The fraction of sp³-hybridized carbons (Fsp3) is 0.0588. The van der Waals surface area contributed by atoms with Gasteiger partial charge in [-0.3, -0.25) is 14.9 Å². The van der Waals surface area contributed by atoms with E-state index >= 15 is 0 Å². The number of nitrogens with one attached hydrogen (secondary N) is 2. The summed E-state index contributed by atoms with van der Waals surface area (Å²) in [5.74, 6) is -0.902. The molecule has 28 heavy (non-hydrogen) atoms. The number of hydrogen-bond acceptors (Lipinski definition) is 5. The summed E-state index contributed by atoms with van der Waals surface area (Å²) < 4.78 is 38.6. The zero-order valence-corrected chi connectivity index (χ0v) is 14.5. The molecule has 0 aromatic heterocycles. The van der Waals surface area contributed by atoms with Gasteiger partial charge in [0.15, 0.2) is 0 Å². The molecule has 2 aromatic rings. The van der Waals surface area contributed by atoms with Gasteiger partial charge in [0.25, 0.3) is 11.6 Å². The third-order valence-electron chi connectivity index (χ3n) is 3.33. The van der Waals surface area contributed by atoms with Crippen molar-refractivity contribution in [1.82, 2.24) is 0 Å². The molecule has 0 saturated carbocycles. The van der Waals surface area contributed by atoms with Crippen LogP contribution in [0.1, 0.15) is 5.56 Å². The lowest BCUT2D eigenvalue weighted by Gasteiger charge is -2.11. The van der Waals surface area contributed by atoms with Gasteiger partial charge in [-0.1, -0.05) is 17.7 Å². The van der Waals surface area contributed by atoms with Gasteiger partial charge in [0.1, 0.15) is 11.6 Å². The lowest BCUT2D eigenvalue weighted by molar-refractivity contribution is -0.384. The van der Waals surface area contributed by atoms with Crippen LogP contribution in [0.2, 0.25) is 5.02 Å². The van der Waals surface area contributed by atoms with Crippen molar-refractivity contribution in [3.63, 3.8) is 0 Å². The predicted octanol–water partition coefficient (Wildman–Crippen LogP) is 4.73. The molecule has 0 unspecified atom stereocenters. The number of alkyl halides is 3. The lowest BCUT2D eigenvalue weighted by atomic mass is 10.2. The fourth-order valence-electron chi connectivity index (χ4n) is 2.03. The predicted molar refractivity (Wildman–Crippen MR) is 95.5 cm³/mol. The highest BCUT2D eigenvalue weighted by Gasteiger charge is 2.33. The van der Waals surface area contributed by atoms with Crippen LogP contribution in [0.15, 0.2) is 54.2 Å². The molecule has 0 atom stereocenters. The zero-order valence-electron chi connectivity index (χ0n) is 13.7. The topological polar surface area (TPSA) is 108 Å². The third kappa shape index (κ3) is 5.21. The molecule has 0 aliphatic rings. The van der Waals surface area contributed by atoms with Crippen LogP contribution in [0, 0.1) is 21.4 Å². The molecule has 144 valence electrons. The van der Waals surface area contributed by atoms with Crippen molar-refractivity contribution in [2.24, 2.45) is 0 Å². The normalized spacial score (nSPS) is 11.5. The molecule has 7 nitrogen and oxygen atoms in total. The van der Waals surface area contributed by atoms with E-state index in [-0.39, 0.29) is 17.1 Å². The number of hydrogen-bond donors (Lipinski definition) is 2. The van der Waals surface area contributed by atoms with E-state index in [9.17, 15) is 28.1 Å². The Hall–Kier alpha value is -3.58. The Morgan fingerprint density at radius 3 is 2.54 bits per heavy atom. The maximum Gasteiger partial charge on any atom is 0.417 e. The Kier molecular flexibility index (Phi) is 6.22. The largest absolute Gasteiger partial charge is 0.417 e. The summed E-state index contributed by atoms with van der Waals surface area (Å²) in [6.07, 6.45) is -3.76. The van der Waals surface area contributed by atoms with Crippen LogP contribution in [0.4, 0.5) is 30.2 Å². The summed E-state index contributed by atoms with van der Waals surface area (Å²) in [5.41, 5.74) is -1.78. The quantitative estimate of drug-likeness (QED) is 0.321. The number of carbonyl (C=O) groups is 1. The first-order valence-electron chi connectivity index (χ1n) is 7.41. The SMILES string of the molecule is N#C/C(=C/Nc1ccc(Cl)c(C(F)(F)F)c1)C(=O)Nc1cccc([N+](=O)[O-])c1. The summed E-state index contributed by atoms with van der Waals surface area (Å²) >= 11 is 5.52. The number of non-ortho nitro benzene ring substituents is 1. The first kappa shape index (κ1) is 20.7. The highest BCUT2D eigenvalue weighted by Crippen LogP contribution is 2.36. The first-order chi connectivity index (χ1) is 13.1. The maximum atomic E-state index is 12.9. The number of nitriles is 1. The van der Waals surface area contributed by atoms with Gasteiger partial charge in [-0.15, -0.1) is 0 Å². The van der Waals surface area contributed by atoms with Crippen LogP contribution in [-0.2, 0) is 11.0 Å². The van der Waals surface area contributed by atoms with Crippen LogP contribution in [0.25, 0.3) is 0 Å². The Balaban J connectivity index is 2.18. The van der Waals surface area contributed by atoms with Crippen LogP contribution in [0.3, 0.4) is 0 Å². The molecule has 1 amide bonds. The van der Waals surface area contributed by atoms with E-state index in [2.05, 4.69) is 10.6 Å². The molecule has 2 rings (SSSR count). The standard InChI is InChI=1S/C17H10ClF3N4O3/c18-15-5-4-11(7-14(15)17(19,20)21)23-9-10(8-22)16(26)24-12-2-1-3-13(6-12)25(27)28/h1-7,9,23H,(H,24,26)/b10-9-. The molecular weight excluding hydrogens is 401 g/mol. The molecule has 0 saturated heterocycles. The van der Waals surface area contributed by atoms with E-state index in [4.69, 9.17) is 16.9 Å². The van der Waals surface area contributed by atoms with E-state index in [1.807, 2.05) is 0 Å². The first-order valence-corrected chi connectivity index (χ1v) is 7.79. The molecule has 11 heteroatoms. The Bertz CT molecular complexity index is 1000. The van der Waals surface area contributed by atoms with Crippen molar-refractivity contribution < 1.29 is 22.9 Å². The molecular formula is C17H10ClF3N4O3. The number of amides is 1. The van der Waals surface area contributed by atoms with Crippen molar-refractivity contribution in [2.75, 3.05) is 10.6 Å². The number of benzene rings is 2. The Morgan fingerprint density at radius 2 is 1.93 bits per heavy atom. The highest BCUT2D eigenvalue weighted by atomic mass is 35.5. The minimum absolute atomic E-state index is 0.0485. The summed E-state index contributed by atoms with van der Waals surface area (Å²) in [5, 5.41) is 24.1. The van der Waals surface area contributed by atoms with E-state index in [0.29, 0.717) is 0 Å². The van der Waals surface area contributed by atoms with Crippen LogP contribution in [-0.4, -0.2) is 10.8 Å². The summed E-state index contributed by atoms with van der Waals surface area (Å²) in [7, 11) is 0. The number of nitrogens with zero attached hydrogens (tertiary/aromatic N) is 2. The number of halogens is 4. The second-order valence-corrected chi connectivity index (χ2v) is 5.68. The minimum Gasteiger partial charge on any atom is -0.360 e. The van der Waals surface area contributed by atoms with Crippen molar-refractivity contribution in [3.05, 3.63) is 74.9 Å². The van der Waals surface area contributed by atoms with Crippen LogP contribution in [0.5, 0.6) is 0 Å². The summed E-state index contributed by atoms with van der Waals surface area (Å²) in [6.45, 7) is 0. The van der Waals surface area contributed by atoms with Gasteiger partial charge in [0, 0.05) is 29.7 Å². The van der Waals surface area contributed by atoms with Crippen LogP contribution < -0.4 is 10.6 Å². The Labute approximate surface area is 161 Å². The van der Waals surface area contributed by atoms with Gasteiger partial charge in [0.2, 0.25) is 0 Å². The molecule has 0 heterocycles. The van der Waals surface area contributed by atoms with Gasteiger partial charge in [-0.25, -0.2) is 0 Å². The number of nitro benzene ring substituents is 1. The van der Waals surface area contributed by atoms with Crippen molar-refractivity contribution in [3.8, 4) is 6.07 Å². The van der Waals surface area contributed by atoms with Gasteiger partial charge >= 0.3 is 6.18 Å². The van der Waals surface area contributed by atoms with Crippen molar-refractivity contribution in [2.45, 2.75) is 6.18 Å². The van der Waals surface area contributed by atoms with Gasteiger partial charge < -0.3 is 10.6 Å². The number of rotatable bonds is 5. The van der Waals surface area contributed by atoms with Gasteiger partial charge in [-0.05, 0) is 24.3 Å². The second kappa shape index (κ2) is 8.41. The number of carbonyl (C=O) groups excluding carboxylic acids is 1. The van der Waals surface area contributed by atoms with Crippen molar-refractivity contribution in [1.29, 1.82) is 5.26 Å². The molecule has 0 fully saturated rings. The minimum atomic E-state index is -4.67. The van der Waals surface area contributed by atoms with E-state index in [1.165, 1.54) is 24.3 Å². The Morgan fingerprint density at radius 1 is 1.21 bits per heavy atom. The smallest absolute Gasteiger partial charge is 0.360 e. The molecule has 0 radical (unpaired) electrons. The highest BCUT2D eigenvalue weighted by molar-refractivity contribution is 6.31. The zero-order chi connectivity index (χ0) is 20.9. The molecule has 0 bridgehead atoms. The van der Waals surface area contributed by atoms with E-state index < -0.39 is 33.2 Å². The third-order valence-corrected chi connectivity index (χ3v) is 3.66. The van der Waals surface area contributed by atoms with E-state index in [0.717, 1.165) is 24.4 Å². The number of nitro groups is 1. The van der Waals surface area contributed by atoms with Gasteiger partial charge in [-0.2, -0.15) is 18.4 Å². The fourth-order valence-corrected chi connectivity index (χ4v) is 2.26. The van der Waals surface area contributed by atoms with Gasteiger partial charge in [0.05, 0.1) is 15.5 Å². The van der Waals surface area contributed by atoms with E-state index in [1.54, 1.807) is 6.07 Å². The molecule has 0 aliphatic carbocycles.